The molecular weight excluding hydrogens is 220 g/mol. The van der Waals surface area contributed by atoms with Gasteiger partial charge in [-0.2, -0.15) is 10.2 Å². The van der Waals surface area contributed by atoms with Crippen LogP contribution >= 0.6 is 0 Å². The van der Waals surface area contributed by atoms with Crippen LogP contribution in [-0.4, -0.2) is 25.5 Å². The molecule has 2 rings (SSSR count). The normalized spacial score (nSPS) is 10.5. The van der Waals surface area contributed by atoms with Crippen molar-refractivity contribution in [3.63, 3.8) is 0 Å². The van der Waals surface area contributed by atoms with Crippen molar-refractivity contribution in [2.75, 3.05) is 0 Å². The van der Waals surface area contributed by atoms with E-state index < -0.39 is 5.97 Å². The van der Waals surface area contributed by atoms with Gasteiger partial charge < -0.3 is 4.74 Å². The molecule has 0 saturated heterocycles. The monoisotopic (exact) mass is 234 g/mol. The molecule has 0 aromatic carbocycles. The van der Waals surface area contributed by atoms with Gasteiger partial charge in [-0.3, -0.25) is 4.68 Å². The van der Waals surface area contributed by atoms with Gasteiger partial charge in [-0.05, 0) is 13.8 Å². The molecule has 0 radical (unpaired) electrons. The van der Waals surface area contributed by atoms with E-state index in [4.69, 9.17) is 4.74 Å². The Balaban J connectivity index is 2.20. The summed E-state index contributed by atoms with van der Waals surface area (Å²) in [6.07, 6.45) is 3.24. The fourth-order valence-electron chi connectivity index (χ4n) is 1.59. The van der Waals surface area contributed by atoms with Crippen LogP contribution in [0.2, 0.25) is 0 Å². The highest BCUT2D eigenvalue weighted by molar-refractivity contribution is 5.91. The fraction of sp³-hybridized carbons (Fsp3) is 0.364. The van der Waals surface area contributed by atoms with E-state index in [2.05, 4.69) is 10.2 Å². The van der Waals surface area contributed by atoms with Gasteiger partial charge >= 0.3 is 5.97 Å². The minimum absolute atomic E-state index is 0.411. The van der Waals surface area contributed by atoms with Crippen LogP contribution in [0.25, 0.3) is 0 Å². The van der Waals surface area contributed by atoms with Crippen molar-refractivity contribution in [2.24, 2.45) is 7.05 Å². The highest BCUT2D eigenvalue weighted by Crippen LogP contribution is 2.13. The molecule has 0 N–H and O–H groups in total. The van der Waals surface area contributed by atoms with Crippen molar-refractivity contribution in [3.05, 3.63) is 29.7 Å². The predicted octanol–water partition coefficient (Wildman–Crippen LogP) is 1.16. The molecule has 0 unspecified atom stereocenters. The van der Waals surface area contributed by atoms with E-state index in [-0.39, 0.29) is 0 Å². The maximum atomic E-state index is 11.9. The van der Waals surface area contributed by atoms with E-state index in [0.717, 1.165) is 0 Å². The van der Waals surface area contributed by atoms with Crippen LogP contribution in [0.5, 0.6) is 5.88 Å². The first-order chi connectivity index (χ1) is 8.11. The minimum Gasteiger partial charge on any atom is -0.404 e. The smallest absolute Gasteiger partial charge is 0.348 e. The first kappa shape index (κ1) is 11.4. The van der Waals surface area contributed by atoms with Crippen molar-refractivity contribution in [1.29, 1.82) is 0 Å². The molecule has 0 aliphatic rings. The van der Waals surface area contributed by atoms with Gasteiger partial charge in [0.05, 0.1) is 11.9 Å². The number of carbonyl (C=O) groups excluding carboxylic acids is 1. The van der Waals surface area contributed by atoms with Crippen molar-refractivity contribution < 1.29 is 9.53 Å². The average Bonchev–Trinajstić information content (AvgIpc) is 2.84. The van der Waals surface area contributed by atoms with Gasteiger partial charge in [-0.25, -0.2) is 9.48 Å². The number of esters is 1. The van der Waals surface area contributed by atoms with E-state index in [0.29, 0.717) is 23.7 Å². The Morgan fingerprint density at radius 1 is 1.53 bits per heavy atom. The summed E-state index contributed by atoms with van der Waals surface area (Å²) >= 11 is 0. The van der Waals surface area contributed by atoms with Gasteiger partial charge in [0.1, 0.15) is 5.56 Å². The largest absolute Gasteiger partial charge is 0.404 e. The van der Waals surface area contributed by atoms with Gasteiger partial charge in [-0.1, -0.05) is 0 Å². The Bertz CT molecular complexity index is 541. The first-order valence-corrected chi connectivity index (χ1v) is 5.36. The maximum Gasteiger partial charge on any atom is 0.348 e. The number of rotatable bonds is 3. The fourth-order valence-corrected chi connectivity index (χ4v) is 1.59. The molecule has 0 spiro atoms. The molecule has 0 bridgehead atoms. The van der Waals surface area contributed by atoms with Crippen LogP contribution in [0, 0.1) is 6.92 Å². The molecule has 0 fully saturated rings. The summed E-state index contributed by atoms with van der Waals surface area (Å²) in [6.45, 7) is 4.36. The number of hydrogen-bond acceptors (Lipinski definition) is 4. The van der Waals surface area contributed by atoms with E-state index >= 15 is 0 Å². The van der Waals surface area contributed by atoms with E-state index in [1.165, 1.54) is 0 Å². The average molecular weight is 234 g/mol. The van der Waals surface area contributed by atoms with Crippen molar-refractivity contribution >= 4 is 5.97 Å². The van der Waals surface area contributed by atoms with Crippen LogP contribution in [0.1, 0.15) is 23.0 Å². The molecule has 6 heteroatoms. The summed E-state index contributed by atoms with van der Waals surface area (Å²) in [5.74, 6) is 0.0338. The summed E-state index contributed by atoms with van der Waals surface area (Å²) in [5.41, 5.74) is 1.12. The predicted molar refractivity (Wildman–Crippen MR) is 60.8 cm³/mol. The van der Waals surface area contributed by atoms with Crippen LogP contribution < -0.4 is 4.74 Å². The minimum atomic E-state index is -0.411. The SMILES string of the molecule is CCn1nccc1OC(=O)c1cn(C)nc1C. The topological polar surface area (TPSA) is 61.9 Å². The summed E-state index contributed by atoms with van der Waals surface area (Å²) in [4.78, 5) is 11.9. The number of nitrogens with zero attached hydrogens (tertiary/aromatic N) is 4. The maximum absolute atomic E-state index is 11.9. The summed E-state index contributed by atoms with van der Waals surface area (Å²) in [6, 6.07) is 1.66. The van der Waals surface area contributed by atoms with Gasteiger partial charge in [-0.15, -0.1) is 0 Å². The van der Waals surface area contributed by atoms with Crippen LogP contribution in [0.3, 0.4) is 0 Å². The highest BCUT2D eigenvalue weighted by Gasteiger charge is 2.16. The van der Waals surface area contributed by atoms with E-state index in [1.54, 1.807) is 41.8 Å². The van der Waals surface area contributed by atoms with Gasteiger partial charge in [0.2, 0.25) is 5.88 Å². The van der Waals surface area contributed by atoms with E-state index in [1.807, 2.05) is 6.92 Å². The lowest BCUT2D eigenvalue weighted by molar-refractivity contribution is 0.0718. The van der Waals surface area contributed by atoms with Crippen LogP contribution in [0.15, 0.2) is 18.5 Å². The molecule has 0 aliphatic carbocycles. The number of aromatic nitrogens is 4. The van der Waals surface area contributed by atoms with Crippen molar-refractivity contribution in [3.8, 4) is 5.88 Å². The molecule has 0 atom stereocenters. The number of aryl methyl sites for hydroxylation is 3. The van der Waals surface area contributed by atoms with Gasteiger partial charge in [0.25, 0.3) is 0 Å². The second-order valence-corrected chi connectivity index (χ2v) is 3.68. The zero-order valence-corrected chi connectivity index (χ0v) is 10.0. The standard InChI is InChI=1S/C11H14N4O2/c1-4-15-10(5-6-12-15)17-11(16)9-7-14(3)13-8(9)2/h5-7H,4H2,1-3H3. The third-order valence-corrected chi connectivity index (χ3v) is 2.41. The molecule has 0 saturated carbocycles. The molecule has 2 heterocycles. The van der Waals surface area contributed by atoms with Crippen LogP contribution in [-0.2, 0) is 13.6 Å². The Morgan fingerprint density at radius 2 is 2.29 bits per heavy atom. The van der Waals surface area contributed by atoms with Gasteiger partial charge in [0, 0.05) is 25.9 Å². The zero-order valence-electron chi connectivity index (χ0n) is 10.0. The number of hydrogen-bond donors (Lipinski definition) is 0. The van der Waals surface area contributed by atoms with Crippen molar-refractivity contribution in [2.45, 2.75) is 20.4 Å². The Labute approximate surface area is 98.8 Å². The molecule has 2 aromatic rings. The lowest BCUT2D eigenvalue weighted by atomic mass is 10.3. The van der Waals surface area contributed by atoms with Crippen molar-refractivity contribution in [1.82, 2.24) is 19.6 Å². The third kappa shape index (κ3) is 2.20. The quantitative estimate of drug-likeness (QED) is 0.748. The second kappa shape index (κ2) is 4.40. The Hall–Kier alpha value is -2.11. The van der Waals surface area contributed by atoms with Gasteiger partial charge in [0.15, 0.2) is 0 Å². The number of carbonyl (C=O) groups is 1. The summed E-state index contributed by atoms with van der Waals surface area (Å²) in [5, 5.41) is 8.13. The molecule has 0 amide bonds. The molecule has 2 aromatic heterocycles. The molecule has 90 valence electrons. The molecule has 0 aliphatic heterocycles. The molecule has 6 nitrogen and oxygen atoms in total. The summed E-state index contributed by atoms with van der Waals surface area (Å²) < 4.78 is 8.47. The second-order valence-electron chi connectivity index (χ2n) is 3.68. The highest BCUT2D eigenvalue weighted by atomic mass is 16.5. The lowest BCUT2D eigenvalue weighted by Gasteiger charge is -2.04. The molecular formula is C11H14N4O2. The lowest BCUT2D eigenvalue weighted by Crippen LogP contribution is -2.12. The summed E-state index contributed by atoms with van der Waals surface area (Å²) in [7, 11) is 1.76. The molecule has 17 heavy (non-hydrogen) atoms. The Kier molecular flexibility index (Phi) is 2.95. The number of ether oxygens (including phenoxy) is 1. The Morgan fingerprint density at radius 3 is 2.88 bits per heavy atom. The van der Waals surface area contributed by atoms with E-state index in [9.17, 15) is 4.79 Å². The zero-order chi connectivity index (χ0) is 12.4. The third-order valence-electron chi connectivity index (χ3n) is 2.41. The van der Waals surface area contributed by atoms with Crippen LogP contribution in [0.4, 0.5) is 0 Å². The first-order valence-electron chi connectivity index (χ1n) is 5.36.